The smallest absolute Gasteiger partial charge is 0.224 e. The monoisotopic (exact) mass is 286 g/mol. The minimum absolute atomic E-state index is 0.0544. The van der Waals surface area contributed by atoms with Gasteiger partial charge in [-0.25, -0.2) is 0 Å². The number of hydrogen-bond donors (Lipinski definition) is 1. The highest BCUT2D eigenvalue weighted by Gasteiger charge is 2.13. The summed E-state index contributed by atoms with van der Waals surface area (Å²) < 4.78 is 1.69. The van der Waals surface area contributed by atoms with Crippen molar-refractivity contribution in [1.29, 1.82) is 0 Å². The average molecular weight is 287 g/mol. The van der Waals surface area contributed by atoms with E-state index in [9.17, 15) is 4.79 Å². The molecule has 1 unspecified atom stereocenters. The Bertz CT molecular complexity index is 390. The van der Waals surface area contributed by atoms with Crippen molar-refractivity contribution >= 4 is 17.5 Å². The molecule has 1 aromatic heterocycles. The molecule has 0 radical (unpaired) electrons. The molecule has 1 rings (SSSR count). The van der Waals surface area contributed by atoms with Crippen molar-refractivity contribution in [3.05, 3.63) is 17.4 Å². The molecule has 5 nitrogen and oxygen atoms in total. The fourth-order valence-electron chi connectivity index (χ4n) is 1.85. The summed E-state index contributed by atoms with van der Waals surface area (Å²) in [5, 5.41) is 7.62. The Balaban J connectivity index is 2.29. The first-order valence-electron chi connectivity index (χ1n) is 6.74. The molecule has 108 valence electrons. The van der Waals surface area contributed by atoms with E-state index in [0.29, 0.717) is 18.1 Å². The zero-order chi connectivity index (χ0) is 14.3. The molecule has 0 fully saturated rings. The number of nitrogens with zero attached hydrogens (tertiary/aromatic N) is 3. The molecule has 0 spiro atoms. The lowest BCUT2D eigenvalue weighted by atomic mass is 10.1. The summed E-state index contributed by atoms with van der Waals surface area (Å²) >= 11 is 5.78. The molecule has 0 saturated heterocycles. The number of carbonyl (C=O) groups is 1. The highest BCUT2D eigenvalue weighted by atomic mass is 35.5. The average Bonchev–Trinajstić information content (AvgIpc) is 2.79. The van der Waals surface area contributed by atoms with Crippen LogP contribution in [0.25, 0.3) is 0 Å². The Labute approximate surface area is 119 Å². The van der Waals surface area contributed by atoms with E-state index in [1.165, 1.54) is 0 Å². The fourth-order valence-corrected chi connectivity index (χ4v) is 2.01. The molecule has 1 aromatic rings. The summed E-state index contributed by atoms with van der Waals surface area (Å²) in [6.07, 6.45) is 3.30. The summed E-state index contributed by atoms with van der Waals surface area (Å²) in [5.74, 6) is -0.0635. The summed E-state index contributed by atoms with van der Waals surface area (Å²) in [6.45, 7) is 10.3. The van der Waals surface area contributed by atoms with Crippen LogP contribution in [-0.4, -0.2) is 46.8 Å². The van der Waals surface area contributed by atoms with Crippen LogP contribution in [0, 0.1) is 5.92 Å². The van der Waals surface area contributed by atoms with Gasteiger partial charge in [-0.15, -0.1) is 0 Å². The largest absolute Gasteiger partial charge is 0.355 e. The Morgan fingerprint density at radius 3 is 2.74 bits per heavy atom. The molecule has 1 N–H and O–H groups in total. The van der Waals surface area contributed by atoms with Crippen LogP contribution in [0.3, 0.4) is 0 Å². The van der Waals surface area contributed by atoms with E-state index in [0.717, 1.165) is 19.6 Å². The summed E-state index contributed by atoms with van der Waals surface area (Å²) in [4.78, 5) is 14.2. The highest BCUT2D eigenvalue weighted by Crippen LogP contribution is 2.07. The SMILES string of the molecule is CCN(CC)CCNC(=O)C(C)Cn1cc(Cl)cn1. The number of amides is 1. The summed E-state index contributed by atoms with van der Waals surface area (Å²) in [6, 6.07) is 0. The van der Waals surface area contributed by atoms with Crippen molar-refractivity contribution in [3.63, 3.8) is 0 Å². The molecule has 0 bridgehead atoms. The van der Waals surface area contributed by atoms with E-state index in [1.807, 2.05) is 6.92 Å². The van der Waals surface area contributed by atoms with E-state index < -0.39 is 0 Å². The van der Waals surface area contributed by atoms with Crippen molar-refractivity contribution in [3.8, 4) is 0 Å². The Morgan fingerprint density at radius 1 is 1.53 bits per heavy atom. The van der Waals surface area contributed by atoms with Gasteiger partial charge in [-0.3, -0.25) is 9.48 Å². The number of nitrogens with one attached hydrogen (secondary N) is 1. The molecular formula is C13H23ClN4O. The maximum atomic E-state index is 11.9. The van der Waals surface area contributed by atoms with Gasteiger partial charge < -0.3 is 10.2 Å². The zero-order valence-electron chi connectivity index (χ0n) is 11.9. The maximum absolute atomic E-state index is 11.9. The van der Waals surface area contributed by atoms with Crippen LogP contribution >= 0.6 is 11.6 Å². The fraction of sp³-hybridized carbons (Fsp3) is 0.692. The van der Waals surface area contributed by atoms with Gasteiger partial charge >= 0.3 is 0 Å². The van der Waals surface area contributed by atoms with Crippen LogP contribution in [0.2, 0.25) is 5.02 Å². The number of hydrogen-bond acceptors (Lipinski definition) is 3. The van der Waals surface area contributed by atoms with Crippen LogP contribution in [0.5, 0.6) is 0 Å². The minimum atomic E-state index is -0.118. The van der Waals surface area contributed by atoms with Crippen LogP contribution < -0.4 is 5.32 Å². The van der Waals surface area contributed by atoms with Crippen molar-refractivity contribution in [2.45, 2.75) is 27.3 Å². The van der Waals surface area contributed by atoms with E-state index in [4.69, 9.17) is 11.6 Å². The predicted octanol–water partition coefficient (Wildman–Crippen LogP) is 1.63. The van der Waals surface area contributed by atoms with E-state index >= 15 is 0 Å². The quantitative estimate of drug-likeness (QED) is 0.790. The van der Waals surface area contributed by atoms with Gasteiger partial charge in [0.05, 0.1) is 23.7 Å². The van der Waals surface area contributed by atoms with Gasteiger partial charge in [-0.1, -0.05) is 32.4 Å². The molecule has 1 amide bonds. The van der Waals surface area contributed by atoms with Gasteiger partial charge in [-0.2, -0.15) is 5.10 Å². The maximum Gasteiger partial charge on any atom is 0.224 e. The lowest BCUT2D eigenvalue weighted by molar-refractivity contribution is -0.125. The Kier molecular flexibility index (Phi) is 6.87. The van der Waals surface area contributed by atoms with Crippen molar-refractivity contribution in [2.75, 3.05) is 26.2 Å². The predicted molar refractivity (Wildman–Crippen MR) is 77.2 cm³/mol. The standard InChI is InChI=1S/C13H23ClN4O/c1-4-17(5-2)7-6-15-13(19)11(3)9-18-10-12(14)8-16-18/h8,10-11H,4-7,9H2,1-3H3,(H,15,19). The number of carbonyl (C=O) groups excluding carboxylic acids is 1. The molecule has 0 aliphatic carbocycles. The second-order valence-electron chi connectivity index (χ2n) is 4.60. The minimum Gasteiger partial charge on any atom is -0.355 e. The summed E-state index contributed by atoms with van der Waals surface area (Å²) in [5.41, 5.74) is 0. The third-order valence-corrected chi connectivity index (χ3v) is 3.33. The van der Waals surface area contributed by atoms with Crippen molar-refractivity contribution in [1.82, 2.24) is 20.0 Å². The van der Waals surface area contributed by atoms with E-state index in [-0.39, 0.29) is 11.8 Å². The third kappa shape index (κ3) is 5.61. The first kappa shape index (κ1) is 16.0. The van der Waals surface area contributed by atoms with Gasteiger partial charge in [0.25, 0.3) is 0 Å². The van der Waals surface area contributed by atoms with Gasteiger partial charge in [0.2, 0.25) is 5.91 Å². The third-order valence-electron chi connectivity index (χ3n) is 3.13. The Hall–Kier alpha value is -1.07. The lowest BCUT2D eigenvalue weighted by Crippen LogP contribution is -2.38. The second-order valence-corrected chi connectivity index (χ2v) is 5.04. The number of aromatic nitrogens is 2. The molecule has 6 heteroatoms. The molecule has 1 heterocycles. The van der Waals surface area contributed by atoms with Gasteiger partial charge in [0.15, 0.2) is 0 Å². The van der Waals surface area contributed by atoms with Gasteiger partial charge in [0, 0.05) is 19.3 Å². The molecule has 0 aliphatic rings. The molecule has 0 saturated carbocycles. The topological polar surface area (TPSA) is 50.2 Å². The van der Waals surface area contributed by atoms with Crippen LogP contribution in [0.4, 0.5) is 0 Å². The lowest BCUT2D eigenvalue weighted by Gasteiger charge is -2.19. The van der Waals surface area contributed by atoms with Crippen LogP contribution in [-0.2, 0) is 11.3 Å². The van der Waals surface area contributed by atoms with Crippen molar-refractivity contribution < 1.29 is 4.79 Å². The second kappa shape index (κ2) is 8.17. The molecule has 19 heavy (non-hydrogen) atoms. The molecule has 1 atom stereocenters. The van der Waals surface area contributed by atoms with Gasteiger partial charge in [0.1, 0.15) is 0 Å². The van der Waals surface area contributed by atoms with Gasteiger partial charge in [-0.05, 0) is 13.1 Å². The normalized spacial score (nSPS) is 12.7. The van der Waals surface area contributed by atoms with E-state index in [2.05, 4.69) is 29.2 Å². The number of rotatable bonds is 8. The van der Waals surface area contributed by atoms with Crippen molar-refractivity contribution in [2.24, 2.45) is 5.92 Å². The Morgan fingerprint density at radius 2 is 2.21 bits per heavy atom. The first-order chi connectivity index (χ1) is 9.06. The number of halogens is 1. The number of likely N-dealkylation sites (N-methyl/N-ethyl adjacent to an activating group) is 1. The molecule has 0 aliphatic heterocycles. The first-order valence-corrected chi connectivity index (χ1v) is 7.12. The van der Waals surface area contributed by atoms with Crippen LogP contribution in [0.15, 0.2) is 12.4 Å². The highest BCUT2D eigenvalue weighted by molar-refractivity contribution is 6.30. The zero-order valence-corrected chi connectivity index (χ0v) is 12.7. The molecule has 0 aromatic carbocycles. The van der Waals surface area contributed by atoms with E-state index in [1.54, 1.807) is 17.1 Å². The van der Waals surface area contributed by atoms with Crippen LogP contribution in [0.1, 0.15) is 20.8 Å². The molecular weight excluding hydrogens is 264 g/mol. The summed E-state index contributed by atoms with van der Waals surface area (Å²) in [7, 11) is 0.